The highest BCUT2D eigenvalue weighted by molar-refractivity contribution is 6.31. The maximum Gasteiger partial charge on any atom is 0.0577 e. The first kappa shape index (κ1) is 17.8. The highest BCUT2D eigenvalue weighted by atomic mass is 35.5. The molecule has 5 heteroatoms. The van der Waals surface area contributed by atoms with Crippen LogP contribution >= 0.6 is 11.6 Å². The van der Waals surface area contributed by atoms with Crippen LogP contribution in [0.5, 0.6) is 0 Å². The van der Waals surface area contributed by atoms with Crippen LogP contribution in [0.15, 0.2) is 18.2 Å². The first-order chi connectivity index (χ1) is 11.5. The van der Waals surface area contributed by atoms with E-state index in [0.29, 0.717) is 22.7 Å². The van der Waals surface area contributed by atoms with Gasteiger partial charge in [0.15, 0.2) is 0 Å². The molecule has 0 amide bonds. The monoisotopic (exact) mass is 351 g/mol. The van der Waals surface area contributed by atoms with Gasteiger partial charge in [-0.3, -0.25) is 4.90 Å². The molecule has 1 saturated heterocycles. The van der Waals surface area contributed by atoms with Crippen LogP contribution in [0.2, 0.25) is 5.02 Å². The summed E-state index contributed by atoms with van der Waals surface area (Å²) in [7, 11) is 1.84. The Morgan fingerprint density at radius 3 is 2.46 bits per heavy atom. The summed E-state index contributed by atoms with van der Waals surface area (Å²) in [4.78, 5) is 2.70. The largest absolute Gasteiger partial charge is 0.397 e. The van der Waals surface area contributed by atoms with Crippen molar-refractivity contribution in [1.82, 2.24) is 4.90 Å². The number of nitrogens with two attached hydrogens (primary N) is 1. The Morgan fingerprint density at radius 2 is 1.88 bits per heavy atom. The Balaban J connectivity index is 1.52. The standard InChI is InChI=1S/C19H30ClN3O/c1-19(9-5-16(24-2)6-10-19)23-11-7-15(8-12-23)22-18-4-3-14(20)13-17(18)21/h3-4,13,15-16,22H,5-12,21H2,1-2H3. The maximum absolute atomic E-state index is 6.06. The van der Waals surface area contributed by atoms with Crippen molar-refractivity contribution >= 4 is 23.0 Å². The number of likely N-dealkylation sites (tertiary alicyclic amines) is 1. The van der Waals surface area contributed by atoms with Crippen molar-refractivity contribution in [1.29, 1.82) is 0 Å². The number of benzene rings is 1. The van der Waals surface area contributed by atoms with Gasteiger partial charge in [-0.2, -0.15) is 0 Å². The Kier molecular flexibility index (Phi) is 5.58. The van der Waals surface area contributed by atoms with Crippen molar-refractivity contribution in [2.75, 3.05) is 31.2 Å². The minimum atomic E-state index is 0.347. The smallest absolute Gasteiger partial charge is 0.0577 e. The SMILES string of the molecule is COC1CCC(C)(N2CCC(Nc3ccc(Cl)cc3N)CC2)CC1. The van der Waals surface area contributed by atoms with E-state index in [9.17, 15) is 0 Å². The molecule has 0 aromatic heterocycles. The van der Waals surface area contributed by atoms with E-state index in [1.807, 2.05) is 25.3 Å². The lowest BCUT2D eigenvalue weighted by Crippen LogP contribution is -2.53. The van der Waals surface area contributed by atoms with Crippen molar-refractivity contribution < 1.29 is 4.74 Å². The van der Waals surface area contributed by atoms with Crippen LogP contribution in [0.4, 0.5) is 11.4 Å². The highest BCUT2D eigenvalue weighted by Crippen LogP contribution is 2.36. The molecule has 0 bridgehead atoms. The van der Waals surface area contributed by atoms with Gasteiger partial charge < -0.3 is 15.8 Å². The third-order valence-corrected chi connectivity index (χ3v) is 6.21. The van der Waals surface area contributed by atoms with E-state index in [0.717, 1.165) is 37.3 Å². The van der Waals surface area contributed by atoms with Gasteiger partial charge in [0.05, 0.1) is 17.5 Å². The zero-order valence-electron chi connectivity index (χ0n) is 14.9. The zero-order chi connectivity index (χ0) is 17.2. The molecule has 0 atom stereocenters. The summed E-state index contributed by atoms with van der Waals surface area (Å²) >= 11 is 5.98. The molecule has 0 spiro atoms. The molecule has 1 heterocycles. The van der Waals surface area contributed by atoms with E-state index in [-0.39, 0.29) is 0 Å². The average molecular weight is 352 g/mol. The van der Waals surface area contributed by atoms with Crippen molar-refractivity contribution in [2.45, 2.75) is 63.1 Å². The fourth-order valence-electron chi connectivity index (χ4n) is 4.21. The zero-order valence-corrected chi connectivity index (χ0v) is 15.6. The lowest BCUT2D eigenvalue weighted by atomic mass is 9.79. The lowest BCUT2D eigenvalue weighted by Gasteiger charge is -2.48. The van der Waals surface area contributed by atoms with Crippen LogP contribution in [0, 0.1) is 0 Å². The molecule has 24 heavy (non-hydrogen) atoms. The number of methoxy groups -OCH3 is 1. The molecule has 2 aliphatic rings. The minimum Gasteiger partial charge on any atom is -0.397 e. The molecule has 0 unspecified atom stereocenters. The number of hydrogen-bond donors (Lipinski definition) is 2. The molecule has 134 valence electrons. The number of nitrogens with one attached hydrogen (secondary N) is 1. The number of anilines is 2. The summed E-state index contributed by atoms with van der Waals surface area (Å²) in [5.74, 6) is 0. The number of nitrogens with zero attached hydrogens (tertiary/aromatic N) is 1. The number of nitrogen functional groups attached to an aromatic ring is 1. The van der Waals surface area contributed by atoms with Crippen molar-refractivity contribution in [3.8, 4) is 0 Å². The quantitative estimate of drug-likeness (QED) is 0.800. The van der Waals surface area contributed by atoms with E-state index in [1.165, 1.54) is 25.7 Å². The molecule has 1 saturated carbocycles. The fraction of sp³-hybridized carbons (Fsp3) is 0.684. The summed E-state index contributed by atoms with van der Waals surface area (Å²) in [6, 6.07) is 6.18. The maximum atomic E-state index is 6.06. The normalized spacial score (nSPS) is 29.5. The minimum absolute atomic E-state index is 0.347. The third-order valence-electron chi connectivity index (χ3n) is 5.97. The summed E-state index contributed by atoms with van der Waals surface area (Å²) in [5, 5.41) is 4.29. The van der Waals surface area contributed by atoms with E-state index in [2.05, 4.69) is 17.1 Å². The first-order valence-corrected chi connectivity index (χ1v) is 9.47. The van der Waals surface area contributed by atoms with Gasteiger partial charge in [-0.15, -0.1) is 0 Å². The number of piperidine rings is 1. The summed E-state index contributed by atoms with van der Waals surface area (Å²) in [5.41, 5.74) is 8.14. The Labute approximate surface area is 150 Å². The first-order valence-electron chi connectivity index (χ1n) is 9.09. The summed E-state index contributed by atoms with van der Waals surface area (Å²) in [6.45, 7) is 4.74. The van der Waals surface area contributed by atoms with Crippen molar-refractivity contribution in [3.05, 3.63) is 23.2 Å². The molecular formula is C19H30ClN3O. The Hall–Kier alpha value is -0.970. The number of hydrogen-bond acceptors (Lipinski definition) is 4. The molecular weight excluding hydrogens is 322 g/mol. The lowest BCUT2D eigenvalue weighted by molar-refractivity contribution is -0.0105. The Bertz CT molecular complexity index is 550. The second-order valence-corrected chi connectivity index (χ2v) is 8.01. The topological polar surface area (TPSA) is 50.5 Å². The molecule has 3 N–H and O–H groups in total. The molecule has 1 aliphatic heterocycles. The van der Waals surface area contributed by atoms with Crippen LogP contribution in [0.3, 0.4) is 0 Å². The predicted molar refractivity (Wildman–Crippen MR) is 102 cm³/mol. The van der Waals surface area contributed by atoms with Crippen LogP contribution < -0.4 is 11.1 Å². The molecule has 1 aliphatic carbocycles. The summed E-state index contributed by atoms with van der Waals surface area (Å²) < 4.78 is 5.53. The van der Waals surface area contributed by atoms with Gasteiger partial charge in [-0.25, -0.2) is 0 Å². The van der Waals surface area contributed by atoms with Crippen LogP contribution in [0.25, 0.3) is 0 Å². The highest BCUT2D eigenvalue weighted by Gasteiger charge is 2.37. The predicted octanol–water partition coefficient (Wildman–Crippen LogP) is 4.15. The molecule has 4 nitrogen and oxygen atoms in total. The molecule has 3 rings (SSSR count). The average Bonchev–Trinajstić information content (AvgIpc) is 2.59. The molecule has 2 fully saturated rings. The van der Waals surface area contributed by atoms with Gasteiger partial charge in [0.2, 0.25) is 0 Å². The second kappa shape index (κ2) is 7.51. The number of ether oxygens (including phenoxy) is 1. The van der Waals surface area contributed by atoms with Gasteiger partial charge >= 0.3 is 0 Å². The van der Waals surface area contributed by atoms with Gasteiger partial charge in [0.25, 0.3) is 0 Å². The molecule has 1 aromatic carbocycles. The van der Waals surface area contributed by atoms with Gasteiger partial charge in [0, 0.05) is 36.8 Å². The van der Waals surface area contributed by atoms with E-state index >= 15 is 0 Å². The number of halogens is 1. The van der Waals surface area contributed by atoms with Crippen molar-refractivity contribution in [2.24, 2.45) is 0 Å². The van der Waals surface area contributed by atoms with E-state index < -0.39 is 0 Å². The fourth-order valence-corrected chi connectivity index (χ4v) is 4.39. The third kappa shape index (κ3) is 3.98. The van der Waals surface area contributed by atoms with Gasteiger partial charge in [-0.05, 0) is 63.6 Å². The second-order valence-electron chi connectivity index (χ2n) is 7.57. The Morgan fingerprint density at radius 1 is 1.21 bits per heavy atom. The van der Waals surface area contributed by atoms with Crippen LogP contribution in [-0.2, 0) is 4.74 Å². The van der Waals surface area contributed by atoms with Crippen molar-refractivity contribution in [3.63, 3.8) is 0 Å². The number of rotatable bonds is 4. The van der Waals surface area contributed by atoms with E-state index in [1.54, 1.807) is 0 Å². The summed E-state index contributed by atoms with van der Waals surface area (Å²) in [6.07, 6.45) is 7.64. The van der Waals surface area contributed by atoms with Gasteiger partial charge in [0.1, 0.15) is 0 Å². The van der Waals surface area contributed by atoms with Crippen LogP contribution in [-0.4, -0.2) is 42.8 Å². The molecule has 1 aromatic rings. The van der Waals surface area contributed by atoms with E-state index in [4.69, 9.17) is 22.1 Å². The van der Waals surface area contributed by atoms with Crippen LogP contribution in [0.1, 0.15) is 45.4 Å². The molecule has 0 radical (unpaired) electrons. The van der Waals surface area contributed by atoms with Gasteiger partial charge in [-0.1, -0.05) is 11.6 Å².